The van der Waals surface area contributed by atoms with Gasteiger partial charge in [0.05, 0.1) is 22.9 Å². The highest BCUT2D eigenvalue weighted by atomic mass is 35.5. The van der Waals surface area contributed by atoms with Gasteiger partial charge in [-0.15, -0.1) is 0 Å². The van der Waals surface area contributed by atoms with Gasteiger partial charge < -0.3 is 9.42 Å². The highest BCUT2D eigenvalue weighted by Gasteiger charge is 2.52. The second kappa shape index (κ2) is 7.09. The lowest BCUT2D eigenvalue weighted by Crippen LogP contribution is -2.62. The Hall–Kier alpha value is -2.93. The van der Waals surface area contributed by atoms with Crippen molar-refractivity contribution in [1.82, 2.24) is 15.0 Å². The van der Waals surface area contributed by atoms with E-state index in [-0.39, 0.29) is 35.6 Å². The summed E-state index contributed by atoms with van der Waals surface area (Å²) in [4.78, 5) is 41.7. The molecule has 5 rings (SSSR count). The number of imide groups is 1. The van der Waals surface area contributed by atoms with Crippen molar-refractivity contribution in [3.05, 3.63) is 52.8 Å². The third-order valence-corrected chi connectivity index (χ3v) is 6.59. The van der Waals surface area contributed by atoms with E-state index >= 15 is 0 Å². The van der Waals surface area contributed by atoms with E-state index in [0.717, 1.165) is 0 Å². The summed E-state index contributed by atoms with van der Waals surface area (Å²) >= 11 is 6.28. The van der Waals surface area contributed by atoms with E-state index < -0.39 is 0 Å². The molecule has 154 valence electrons. The molecule has 7 nitrogen and oxygen atoms in total. The Morgan fingerprint density at radius 2 is 1.73 bits per heavy atom. The molecule has 3 aliphatic rings. The first-order valence-electron chi connectivity index (χ1n) is 9.99. The van der Waals surface area contributed by atoms with Crippen LogP contribution in [0, 0.1) is 18.8 Å². The summed E-state index contributed by atoms with van der Waals surface area (Å²) in [7, 11) is 0. The molecule has 2 saturated heterocycles. The van der Waals surface area contributed by atoms with Gasteiger partial charge in [0.2, 0.25) is 11.8 Å². The fraction of sp³-hybridized carbons (Fsp3) is 0.364. The summed E-state index contributed by atoms with van der Waals surface area (Å²) < 4.78 is 5.29. The number of amides is 3. The molecule has 0 bridgehead atoms. The Labute approximate surface area is 178 Å². The van der Waals surface area contributed by atoms with Crippen LogP contribution in [0.25, 0.3) is 11.3 Å². The zero-order valence-corrected chi connectivity index (χ0v) is 17.1. The molecule has 0 radical (unpaired) electrons. The second-order valence-corrected chi connectivity index (χ2v) is 8.42. The first-order valence-corrected chi connectivity index (χ1v) is 10.4. The summed E-state index contributed by atoms with van der Waals surface area (Å²) in [5.41, 5.74) is 1.38. The molecular weight excluding hydrogens is 406 g/mol. The van der Waals surface area contributed by atoms with Crippen LogP contribution in [-0.2, 0) is 9.59 Å². The Kier molecular flexibility index (Phi) is 4.50. The van der Waals surface area contributed by atoms with Gasteiger partial charge in [0.1, 0.15) is 17.0 Å². The minimum absolute atomic E-state index is 0.107. The average Bonchev–Trinajstić information content (AvgIpc) is 3.21. The van der Waals surface area contributed by atoms with Gasteiger partial charge in [-0.3, -0.25) is 19.3 Å². The maximum absolute atomic E-state index is 13.2. The number of halogens is 1. The van der Waals surface area contributed by atoms with Crippen LogP contribution in [0.15, 0.2) is 40.9 Å². The van der Waals surface area contributed by atoms with Crippen LogP contribution in [0.1, 0.15) is 29.0 Å². The van der Waals surface area contributed by atoms with Crippen LogP contribution in [0.5, 0.6) is 0 Å². The van der Waals surface area contributed by atoms with Crippen molar-refractivity contribution in [2.75, 3.05) is 13.1 Å². The molecule has 0 unspecified atom stereocenters. The number of likely N-dealkylation sites (tertiary alicyclic amines) is 2. The third kappa shape index (κ3) is 2.80. The molecule has 0 saturated carbocycles. The third-order valence-electron chi connectivity index (χ3n) is 6.26. The zero-order chi connectivity index (χ0) is 21.0. The van der Waals surface area contributed by atoms with Crippen LogP contribution >= 0.6 is 11.6 Å². The van der Waals surface area contributed by atoms with Crippen LogP contribution in [0.2, 0.25) is 5.02 Å². The van der Waals surface area contributed by atoms with Crippen LogP contribution in [-0.4, -0.2) is 51.8 Å². The van der Waals surface area contributed by atoms with Gasteiger partial charge in [-0.05, 0) is 25.8 Å². The molecule has 0 N–H and O–H groups in total. The number of aromatic nitrogens is 1. The smallest absolute Gasteiger partial charge is 0.259 e. The number of rotatable bonds is 3. The molecule has 1 aromatic carbocycles. The number of hydrogen-bond acceptors (Lipinski definition) is 5. The first kappa shape index (κ1) is 19.1. The summed E-state index contributed by atoms with van der Waals surface area (Å²) in [6.45, 7) is 2.31. The molecule has 3 amide bonds. The van der Waals surface area contributed by atoms with Crippen molar-refractivity contribution in [2.45, 2.75) is 25.8 Å². The highest BCUT2D eigenvalue weighted by molar-refractivity contribution is 6.33. The van der Waals surface area contributed by atoms with Gasteiger partial charge in [-0.2, -0.15) is 0 Å². The van der Waals surface area contributed by atoms with Crippen molar-refractivity contribution in [1.29, 1.82) is 0 Å². The summed E-state index contributed by atoms with van der Waals surface area (Å²) in [5.74, 6) is -0.547. The van der Waals surface area contributed by atoms with Crippen LogP contribution < -0.4 is 0 Å². The van der Waals surface area contributed by atoms with E-state index in [1.54, 1.807) is 30.0 Å². The molecule has 2 aromatic rings. The van der Waals surface area contributed by atoms with E-state index in [1.807, 2.05) is 18.2 Å². The van der Waals surface area contributed by atoms with E-state index in [9.17, 15) is 14.4 Å². The van der Waals surface area contributed by atoms with Crippen molar-refractivity contribution in [3.8, 4) is 11.3 Å². The zero-order valence-electron chi connectivity index (χ0n) is 16.4. The minimum Gasteiger partial charge on any atom is -0.360 e. The molecule has 0 spiro atoms. The molecule has 2 atom stereocenters. The maximum Gasteiger partial charge on any atom is 0.259 e. The van der Waals surface area contributed by atoms with Crippen LogP contribution in [0.3, 0.4) is 0 Å². The van der Waals surface area contributed by atoms with Crippen LogP contribution in [0.4, 0.5) is 0 Å². The molecular formula is C22H20ClN3O4. The van der Waals surface area contributed by atoms with E-state index in [4.69, 9.17) is 16.1 Å². The predicted molar refractivity (Wildman–Crippen MR) is 109 cm³/mol. The van der Waals surface area contributed by atoms with Gasteiger partial charge >= 0.3 is 0 Å². The quantitative estimate of drug-likeness (QED) is 0.557. The standard InChI is InChI=1S/C22H20ClN3O4/c1-12-18(19(24-30-12)16-8-4-5-9-17(16)23)22(29)25-10-13(11-25)26-20(27)14-6-2-3-7-15(14)21(26)28/h2-5,8-9,13-15H,6-7,10-11H2,1H3/t14-,15-/m1/s1. The molecule has 8 heteroatoms. The number of fused-ring (bicyclic) bond motifs is 1. The number of aryl methyl sites for hydroxylation is 1. The Bertz CT molecular complexity index is 1060. The molecule has 2 aliphatic heterocycles. The fourth-order valence-corrected chi connectivity index (χ4v) is 4.81. The van der Waals surface area contributed by atoms with Crippen molar-refractivity contribution >= 4 is 29.3 Å². The van der Waals surface area contributed by atoms with E-state index in [2.05, 4.69) is 5.16 Å². The number of carbonyl (C=O) groups excluding carboxylic acids is 3. The van der Waals surface area contributed by atoms with Gasteiger partial charge in [0.25, 0.3) is 5.91 Å². The fourth-order valence-electron chi connectivity index (χ4n) is 4.59. The highest BCUT2D eigenvalue weighted by Crippen LogP contribution is 2.38. The number of benzene rings is 1. The average molecular weight is 426 g/mol. The molecule has 1 aromatic heterocycles. The summed E-state index contributed by atoms with van der Waals surface area (Å²) in [5, 5.41) is 4.52. The normalized spacial score (nSPS) is 23.7. The lowest BCUT2D eigenvalue weighted by Gasteiger charge is -2.43. The monoisotopic (exact) mass is 425 g/mol. The number of carbonyl (C=O) groups is 3. The van der Waals surface area contributed by atoms with Gasteiger partial charge in [0, 0.05) is 18.7 Å². The molecule has 2 fully saturated rings. The topological polar surface area (TPSA) is 83.7 Å². The maximum atomic E-state index is 13.2. The van der Waals surface area contributed by atoms with Gasteiger partial charge in [0.15, 0.2) is 0 Å². The Morgan fingerprint density at radius 1 is 1.10 bits per heavy atom. The first-order chi connectivity index (χ1) is 14.5. The predicted octanol–water partition coefficient (Wildman–Crippen LogP) is 3.08. The number of nitrogens with zero attached hydrogens (tertiary/aromatic N) is 3. The molecule has 3 heterocycles. The summed E-state index contributed by atoms with van der Waals surface area (Å²) in [6, 6.07) is 6.86. The molecule has 1 aliphatic carbocycles. The lowest BCUT2D eigenvalue weighted by molar-refractivity contribution is -0.145. The minimum atomic E-state index is -0.275. The van der Waals surface area contributed by atoms with E-state index in [0.29, 0.717) is 53.5 Å². The van der Waals surface area contributed by atoms with Gasteiger partial charge in [-0.1, -0.05) is 47.1 Å². The Balaban J connectivity index is 1.34. The van der Waals surface area contributed by atoms with Crippen molar-refractivity contribution in [2.24, 2.45) is 11.8 Å². The SMILES string of the molecule is Cc1onc(-c2ccccc2Cl)c1C(=O)N1CC(N2C(=O)[C@@H]3CC=CC[C@H]3C2=O)C1. The second-order valence-electron chi connectivity index (χ2n) is 8.01. The van der Waals surface area contributed by atoms with Crippen molar-refractivity contribution in [3.63, 3.8) is 0 Å². The lowest BCUT2D eigenvalue weighted by atomic mass is 9.85. The number of hydrogen-bond donors (Lipinski definition) is 0. The Morgan fingerprint density at radius 3 is 2.37 bits per heavy atom. The molecule has 30 heavy (non-hydrogen) atoms. The van der Waals surface area contributed by atoms with Gasteiger partial charge in [-0.25, -0.2) is 0 Å². The largest absolute Gasteiger partial charge is 0.360 e. The number of allylic oxidation sites excluding steroid dienone is 2. The summed E-state index contributed by atoms with van der Waals surface area (Å²) in [6.07, 6.45) is 5.17. The van der Waals surface area contributed by atoms with E-state index in [1.165, 1.54) is 4.90 Å². The van der Waals surface area contributed by atoms with Crippen molar-refractivity contribution < 1.29 is 18.9 Å².